The number of hydrogen-bond acceptors (Lipinski definition) is 3. The molecule has 1 aromatic carbocycles. The van der Waals surface area contributed by atoms with E-state index in [0.29, 0.717) is 5.75 Å². The molecule has 3 heteroatoms. The number of hydrogen-bond donors (Lipinski definition) is 1. The number of esters is 1. The van der Waals surface area contributed by atoms with Crippen molar-refractivity contribution >= 4 is 18.6 Å². The lowest BCUT2D eigenvalue weighted by atomic mass is 9.95. The van der Waals surface area contributed by atoms with Crippen molar-refractivity contribution < 1.29 is 9.53 Å². The van der Waals surface area contributed by atoms with Gasteiger partial charge in [0.15, 0.2) is 0 Å². The molecular weight excluding hydrogens is 208 g/mol. The molecule has 1 fully saturated rings. The zero-order chi connectivity index (χ0) is 10.9. The zero-order valence-electron chi connectivity index (χ0n) is 8.69. The summed E-state index contributed by atoms with van der Waals surface area (Å²) in [7, 11) is 1.45. The fraction of sp³-hybridized carbons (Fsp3) is 0.417. The van der Waals surface area contributed by atoms with E-state index < -0.39 is 0 Å². The molecule has 0 aliphatic heterocycles. The monoisotopic (exact) mass is 222 g/mol. The van der Waals surface area contributed by atoms with Gasteiger partial charge in [-0.15, -0.1) is 0 Å². The molecule has 2 nitrogen and oxygen atoms in total. The molecule has 0 aromatic heterocycles. The number of rotatable bonds is 3. The minimum absolute atomic E-state index is 0.112. The second-order valence-corrected chi connectivity index (χ2v) is 4.25. The highest BCUT2D eigenvalue weighted by molar-refractivity contribution is 7.79. The van der Waals surface area contributed by atoms with Crippen LogP contribution >= 0.6 is 12.6 Å². The van der Waals surface area contributed by atoms with Gasteiger partial charge in [-0.1, -0.05) is 24.3 Å². The summed E-state index contributed by atoms with van der Waals surface area (Å²) in [5.74, 6) is 0.587. The predicted octanol–water partition coefficient (Wildman–Crippen LogP) is 2.32. The highest BCUT2D eigenvalue weighted by atomic mass is 32.1. The Labute approximate surface area is 95.0 Å². The number of carbonyl (C=O) groups excluding carboxylic acids is 1. The molecule has 0 N–H and O–H groups in total. The summed E-state index contributed by atoms with van der Waals surface area (Å²) in [4.78, 5) is 11.7. The third kappa shape index (κ3) is 1.76. The number of methoxy groups -OCH3 is 1. The van der Waals surface area contributed by atoms with Gasteiger partial charge in [0.25, 0.3) is 0 Å². The quantitative estimate of drug-likeness (QED) is 0.627. The lowest BCUT2D eigenvalue weighted by molar-refractivity contribution is -0.143. The van der Waals surface area contributed by atoms with Gasteiger partial charge in [-0.05, 0) is 24.0 Å². The number of benzene rings is 1. The first-order chi connectivity index (χ1) is 7.23. The maximum atomic E-state index is 11.7. The first kappa shape index (κ1) is 10.6. The molecule has 0 amide bonds. The average Bonchev–Trinajstić information content (AvgIpc) is 3.09. The SMILES string of the molecule is COC(=O)C1(c2cccc(CS)c2)CC1. The van der Waals surface area contributed by atoms with E-state index in [9.17, 15) is 4.79 Å². The Hall–Kier alpha value is -0.960. The van der Waals surface area contributed by atoms with E-state index >= 15 is 0 Å². The largest absolute Gasteiger partial charge is 0.468 e. The van der Waals surface area contributed by atoms with Gasteiger partial charge in [-0.25, -0.2) is 0 Å². The molecule has 15 heavy (non-hydrogen) atoms. The fourth-order valence-electron chi connectivity index (χ4n) is 1.90. The third-order valence-corrected chi connectivity index (χ3v) is 3.35. The normalized spacial score (nSPS) is 17.2. The van der Waals surface area contributed by atoms with E-state index in [0.717, 1.165) is 24.0 Å². The molecule has 0 saturated heterocycles. The molecule has 0 heterocycles. The van der Waals surface area contributed by atoms with E-state index in [1.807, 2.05) is 18.2 Å². The van der Waals surface area contributed by atoms with Crippen LogP contribution in [0.5, 0.6) is 0 Å². The predicted molar refractivity (Wildman–Crippen MR) is 62.1 cm³/mol. The van der Waals surface area contributed by atoms with Crippen LogP contribution in [0.1, 0.15) is 24.0 Å². The zero-order valence-corrected chi connectivity index (χ0v) is 9.59. The smallest absolute Gasteiger partial charge is 0.316 e. The van der Waals surface area contributed by atoms with Crippen LogP contribution in [0.4, 0.5) is 0 Å². The maximum Gasteiger partial charge on any atom is 0.316 e. The Bertz CT molecular complexity index is 383. The van der Waals surface area contributed by atoms with Crippen LogP contribution in [0.3, 0.4) is 0 Å². The lowest BCUT2D eigenvalue weighted by Crippen LogP contribution is -2.21. The van der Waals surface area contributed by atoms with Crippen molar-refractivity contribution in [1.82, 2.24) is 0 Å². The molecule has 0 radical (unpaired) electrons. The van der Waals surface area contributed by atoms with Crippen LogP contribution < -0.4 is 0 Å². The summed E-state index contributed by atoms with van der Waals surface area (Å²) >= 11 is 4.23. The minimum atomic E-state index is -0.353. The molecule has 1 aromatic rings. The minimum Gasteiger partial charge on any atom is -0.468 e. The first-order valence-electron chi connectivity index (χ1n) is 5.01. The van der Waals surface area contributed by atoms with Crippen LogP contribution in [0.15, 0.2) is 24.3 Å². The van der Waals surface area contributed by atoms with Crippen LogP contribution in [-0.2, 0) is 20.7 Å². The topological polar surface area (TPSA) is 26.3 Å². The van der Waals surface area contributed by atoms with Gasteiger partial charge < -0.3 is 4.74 Å². The van der Waals surface area contributed by atoms with E-state index in [-0.39, 0.29) is 11.4 Å². The van der Waals surface area contributed by atoms with Crippen molar-refractivity contribution in [2.24, 2.45) is 0 Å². The average molecular weight is 222 g/mol. The van der Waals surface area contributed by atoms with Gasteiger partial charge in [0, 0.05) is 5.75 Å². The summed E-state index contributed by atoms with van der Waals surface area (Å²) < 4.78 is 4.85. The van der Waals surface area contributed by atoms with E-state index in [1.54, 1.807) is 0 Å². The molecule has 1 aliphatic carbocycles. The summed E-state index contributed by atoms with van der Waals surface area (Å²) in [6, 6.07) is 8.04. The Kier molecular flexibility index (Phi) is 2.74. The second-order valence-electron chi connectivity index (χ2n) is 3.93. The van der Waals surface area contributed by atoms with Gasteiger partial charge in [-0.3, -0.25) is 4.79 Å². The van der Waals surface area contributed by atoms with Crippen molar-refractivity contribution in [1.29, 1.82) is 0 Å². The summed E-state index contributed by atoms with van der Waals surface area (Å²) in [6.45, 7) is 0. The van der Waals surface area contributed by atoms with E-state index in [4.69, 9.17) is 4.74 Å². The Balaban J connectivity index is 2.33. The lowest BCUT2D eigenvalue weighted by Gasteiger charge is -2.13. The van der Waals surface area contributed by atoms with Crippen LogP contribution in [0.2, 0.25) is 0 Å². The Morgan fingerprint density at radius 3 is 2.80 bits per heavy atom. The molecule has 1 aliphatic rings. The molecule has 0 spiro atoms. The van der Waals surface area contributed by atoms with Gasteiger partial charge >= 0.3 is 5.97 Å². The van der Waals surface area contributed by atoms with Gasteiger partial charge in [0.2, 0.25) is 0 Å². The van der Waals surface area contributed by atoms with E-state index in [2.05, 4.69) is 18.7 Å². The third-order valence-electron chi connectivity index (χ3n) is 2.99. The number of thiol groups is 1. The molecule has 80 valence electrons. The molecule has 2 rings (SSSR count). The molecule has 1 saturated carbocycles. The number of ether oxygens (including phenoxy) is 1. The van der Waals surface area contributed by atoms with Crippen molar-refractivity contribution in [2.45, 2.75) is 24.0 Å². The number of carbonyl (C=O) groups is 1. The highest BCUT2D eigenvalue weighted by Crippen LogP contribution is 2.49. The second kappa shape index (κ2) is 3.89. The molecule has 0 unspecified atom stereocenters. The summed E-state index contributed by atoms with van der Waals surface area (Å²) in [5, 5.41) is 0. The van der Waals surface area contributed by atoms with E-state index in [1.165, 1.54) is 7.11 Å². The Morgan fingerprint density at radius 2 is 2.27 bits per heavy atom. The molecule has 0 bridgehead atoms. The van der Waals surface area contributed by atoms with Gasteiger partial charge in [-0.2, -0.15) is 12.6 Å². The van der Waals surface area contributed by atoms with Crippen molar-refractivity contribution in [3.63, 3.8) is 0 Å². The maximum absolute atomic E-state index is 11.7. The molecule has 0 atom stereocenters. The summed E-state index contributed by atoms with van der Waals surface area (Å²) in [6.07, 6.45) is 1.80. The van der Waals surface area contributed by atoms with Crippen LogP contribution in [0.25, 0.3) is 0 Å². The first-order valence-corrected chi connectivity index (χ1v) is 5.65. The van der Waals surface area contributed by atoms with Crippen molar-refractivity contribution in [3.05, 3.63) is 35.4 Å². The fourth-order valence-corrected chi connectivity index (χ4v) is 2.10. The standard InChI is InChI=1S/C12H14O2S/c1-14-11(13)12(5-6-12)10-4-2-3-9(7-10)8-15/h2-4,7,15H,5-6,8H2,1H3. The van der Waals surface area contributed by atoms with Gasteiger partial charge in [0.05, 0.1) is 12.5 Å². The highest BCUT2D eigenvalue weighted by Gasteiger charge is 2.52. The molecular formula is C12H14O2S. The van der Waals surface area contributed by atoms with Crippen LogP contribution in [0, 0.1) is 0 Å². The van der Waals surface area contributed by atoms with Gasteiger partial charge in [0.1, 0.15) is 0 Å². The van der Waals surface area contributed by atoms with Crippen molar-refractivity contribution in [3.8, 4) is 0 Å². The van der Waals surface area contributed by atoms with Crippen LogP contribution in [-0.4, -0.2) is 13.1 Å². The van der Waals surface area contributed by atoms with Crippen molar-refractivity contribution in [2.75, 3.05) is 7.11 Å². The summed E-state index contributed by atoms with van der Waals surface area (Å²) in [5.41, 5.74) is 1.86. The Morgan fingerprint density at radius 1 is 1.53 bits per heavy atom.